The molecular weight excluding hydrogens is 288 g/mol. The summed E-state index contributed by atoms with van der Waals surface area (Å²) < 4.78 is 67.9. The van der Waals surface area contributed by atoms with Gasteiger partial charge in [0.15, 0.2) is 5.78 Å². The number of benzene rings is 1. The topological polar surface area (TPSA) is 75.3 Å². The highest BCUT2D eigenvalue weighted by Crippen LogP contribution is 2.11. The van der Waals surface area contributed by atoms with E-state index in [0.29, 0.717) is 0 Å². The van der Waals surface area contributed by atoms with E-state index in [-0.39, 0.29) is 23.7 Å². The maximum absolute atomic E-state index is 12.0. The highest BCUT2D eigenvalue weighted by atomic mass is 35.5. The van der Waals surface area contributed by atoms with Crippen molar-refractivity contribution in [1.82, 2.24) is 5.32 Å². The second-order valence-electron chi connectivity index (χ2n) is 3.69. The average Bonchev–Trinajstić information content (AvgIpc) is 2.34. The molecule has 0 unspecified atom stereocenters. The quantitative estimate of drug-likeness (QED) is 0.783. The Bertz CT molecular complexity index is 674. The summed E-state index contributed by atoms with van der Waals surface area (Å²) in [5.74, 6) is -0.514. The molecule has 0 aromatic heterocycles. The van der Waals surface area contributed by atoms with E-state index in [2.05, 4.69) is 10.0 Å². The van der Waals surface area contributed by atoms with Crippen molar-refractivity contribution in [3.05, 3.63) is 29.8 Å². The first-order valence-corrected chi connectivity index (χ1v) is 6.94. The summed E-state index contributed by atoms with van der Waals surface area (Å²) in [7, 11) is -3.44. The van der Waals surface area contributed by atoms with Gasteiger partial charge in [-0.25, -0.2) is 8.42 Å². The van der Waals surface area contributed by atoms with Crippen molar-refractivity contribution in [3.63, 3.8) is 0 Å². The molecule has 0 spiro atoms. The lowest BCUT2D eigenvalue weighted by molar-refractivity contribution is 0.0988. The standard InChI is InChI=1S/C12H18N2O3S.ClH/c1-9(2)13-8-12(15)10-4-6-11(7-5-10)14-18(3,16)17;/h4-7,9,13-14H,8H2,1-3H3;1H/i1D3,2D3;. The summed E-state index contributed by atoms with van der Waals surface area (Å²) in [6.45, 7) is -6.04. The van der Waals surface area contributed by atoms with Crippen molar-refractivity contribution in [1.29, 1.82) is 0 Å². The average molecular weight is 313 g/mol. The number of hydrogen-bond donors (Lipinski definition) is 2. The number of nitrogens with one attached hydrogen (secondary N) is 2. The summed E-state index contributed by atoms with van der Waals surface area (Å²) in [4.78, 5) is 12.0. The van der Waals surface area contributed by atoms with E-state index in [0.717, 1.165) is 6.26 Å². The normalized spacial score (nSPS) is 16.9. The van der Waals surface area contributed by atoms with E-state index >= 15 is 0 Å². The molecule has 0 fully saturated rings. The maximum Gasteiger partial charge on any atom is 0.229 e. The van der Waals surface area contributed by atoms with Crippen LogP contribution in [0, 0.1) is 0 Å². The monoisotopic (exact) mass is 312 g/mol. The molecule has 1 rings (SSSR count). The summed E-state index contributed by atoms with van der Waals surface area (Å²) in [6.07, 6.45) is 0.986. The second-order valence-corrected chi connectivity index (χ2v) is 5.44. The minimum absolute atomic E-state index is 0. The Balaban J connectivity index is 0.00000576. The van der Waals surface area contributed by atoms with Gasteiger partial charge in [-0.05, 0) is 24.3 Å². The minimum atomic E-state index is -3.44. The largest absolute Gasteiger partial charge is 0.307 e. The number of sulfonamides is 1. The van der Waals surface area contributed by atoms with Crippen molar-refractivity contribution < 1.29 is 21.4 Å². The fourth-order valence-electron chi connectivity index (χ4n) is 1.24. The highest BCUT2D eigenvalue weighted by molar-refractivity contribution is 7.92. The number of ketones is 1. The van der Waals surface area contributed by atoms with Crippen LogP contribution in [0.4, 0.5) is 5.69 Å². The van der Waals surface area contributed by atoms with Crippen molar-refractivity contribution in [2.75, 3.05) is 17.5 Å². The van der Waals surface area contributed by atoms with Gasteiger partial charge in [-0.2, -0.15) is 0 Å². The van der Waals surface area contributed by atoms with Gasteiger partial charge < -0.3 is 5.32 Å². The number of hydrogen-bond acceptors (Lipinski definition) is 4. The molecule has 0 aliphatic rings. The molecule has 0 heterocycles. The smallest absolute Gasteiger partial charge is 0.229 e. The van der Waals surface area contributed by atoms with Gasteiger partial charge in [0.1, 0.15) is 0 Å². The third-order valence-electron chi connectivity index (χ3n) is 1.98. The Labute approximate surface area is 128 Å². The van der Waals surface area contributed by atoms with Gasteiger partial charge >= 0.3 is 0 Å². The minimum Gasteiger partial charge on any atom is -0.307 e. The summed E-state index contributed by atoms with van der Waals surface area (Å²) in [5, 5.41) is 2.26. The van der Waals surface area contributed by atoms with Crippen LogP contribution < -0.4 is 10.0 Å². The molecule has 0 radical (unpaired) electrons. The molecule has 0 saturated heterocycles. The molecule has 7 heteroatoms. The van der Waals surface area contributed by atoms with E-state index in [9.17, 15) is 13.2 Å². The summed E-state index contributed by atoms with van der Waals surface area (Å²) >= 11 is 0. The van der Waals surface area contributed by atoms with Crippen molar-refractivity contribution in [2.45, 2.75) is 19.7 Å². The first kappa shape index (κ1) is 9.74. The molecule has 0 atom stereocenters. The number of halogens is 1. The molecular formula is C12H19ClN2O3S. The van der Waals surface area contributed by atoms with Crippen LogP contribution in [0.2, 0.25) is 0 Å². The van der Waals surface area contributed by atoms with Crippen LogP contribution in [0.3, 0.4) is 0 Å². The Morgan fingerprint density at radius 1 is 1.32 bits per heavy atom. The van der Waals surface area contributed by atoms with Gasteiger partial charge in [-0.15, -0.1) is 12.4 Å². The Morgan fingerprint density at radius 3 is 2.37 bits per heavy atom. The Hall–Kier alpha value is -1.11. The molecule has 0 aliphatic heterocycles. The Morgan fingerprint density at radius 2 is 1.89 bits per heavy atom. The first-order chi connectivity index (χ1) is 10.7. The van der Waals surface area contributed by atoms with Gasteiger partial charge in [-0.3, -0.25) is 9.52 Å². The SMILES string of the molecule is Cl.[2H]C([2H])([2H])C(NCC(=O)c1ccc(NS(C)(=O)=O)cc1)C([2H])([2H])[2H]. The molecule has 0 amide bonds. The molecule has 1 aromatic rings. The van der Waals surface area contributed by atoms with Crippen molar-refractivity contribution in [2.24, 2.45) is 0 Å². The van der Waals surface area contributed by atoms with E-state index in [1.54, 1.807) is 0 Å². The summed E-state index contributed by atoms with van der Waals surface area (Å²) in [6, 6.07) is 3.65. The zero-order valence-electron chi connectivity index (χ0n) is 16.1. The van der Waals surface area contributed by atoms with Gasteiger partial charge in [0, 0.05) is 25.5 Å². The lowest BCUT2D eigenvalue weighted by Gasteiger charge is -2.08. The van der Waals surface area contributed by atoms with E-state index in [1.165, 1.54) is 24.3 Å². The lowest BCUT2D eigenvalue weighted by Crippen LogP contribution is -2.29. The van der Waals surface area contributed by atoms with Crippen LogP contribution in [0.15, 0.2) is 24.3 Å². The van der Waals surface area contributed by atoms with Gasteiger partial charge in [0.25, 0.3) is 0 Å². The number of Topliss-reactive ketones (excluding diaryl/α,β-unsaturated/α-hetero) is 1. The third kappa shape index (κ3) is 7.15. The van der Waals surface area contributed by atoms with Crippen LogP contribution in [0.25, 0.3) is 0 Å². The molecule has 0 aliphatic carbocycles. The third-order valence-corrected chi connectivity index (χ3v) is 2.58. The number of carbonyl (C=O) groups excluding carboxylic acids is 1. The molecule has 108 valence electrons. The van der Waals surface area contributed by atoms with Crippen LogP contribution in [-0.2, 0) is 10.0 Å². The fourth-order valence-corrected chi connectivity index (χ4v) is 1.80. The van der Waals surface area contributed by atoms with Gasteiger partial charge in [0.05, 0.1) is 12.8 Å². The maximum atomic E-state index is 12.0. The first-order valence-electron chi connectivity index (χ1n) is 8.04. The van der Waals surface area contributed by atoms with E-state index < -0.39 is 42.1 Å². The molecule has 0 bridgehead atoms. The number of anilines is 1. The summed E-state index contributed by atoms with van der Waals surface area (Å²) in [5.41, 5.74) is 0.459. The fraction of sp³-hybridized carbons (Fsp3) is 0.417. The zero-order chi connectivity index (χ0) is 18.8. The number of carbonyl (C=O) groups is 1. The van der Waals surface area contributed by atoms with Crippen molar-refractivity contribution in [3.8, 4) is 0 Å². The lowest BCUT2D eigenvalue weighted by atomic mass is 10.1. The van der Waals surface area contributed by atoms with E-state index in [1.807, 2.05) is 0 Å². The Kier molecular flexibility index (Phi) is 3.83. The van der Waals surface area contributed by atoms with Gasteiger partial charge in [0.2, 0.25) is 10.0 Å². The molecule has 19 heavy (non-hydrogen) atoms. The van der Waals surface area contributed by atoms with Crippen LogP contribution >= 0.6 is 12.4 Å². The van der Waals surface area contributed by atoms with Crippen molar-refractivity contribution >= 4 is 33.9 Å². The second kappa shape index (κ2) is 7.47. The van der Waals surface area contributed by atoms with Crippen LogP contribution in [0.1, 0.15) is 32.3 Å². The van der Waals surface area contributed by atoms with E-state index in [4.69, 9.17) is 8.22 Å². The highest BCUT2D eigenvalue weighted by Gasteiger charge is 2.07. The van der Waals surface area contributed by atoms with Crippen LogP contribution in [0.5, 0.6) is 0 Å². The molecule has 2 N–H and O–H groups in total. The molecule has 1 aromatic carbocycles. The predicted molar refractivity (Wildman–Crippen MR) is 79.6 cm³/mol. The number of rotatable bonds is 6. The van der Waals surface area contributed by atoms with Crippen LogP contribution in [-0.4, -0.2) is 33.0 Å². The van der Waals surface area contributed by atoms with Gasteiger partial charge in [-0.1, -0.05) is 13.7 Å². The zero-order valence-corrected chi connectivity index (χ0v) is 11.8. The molecule has 5 nitrogen and oxygen atoms in total. The predicted octanol–water partition coefficient (Wildman–Crippen LogP) is 1.66. The molecule has 0 saturated carbocycles.